The lowest BCUT2D eigenvalue weighted by Crippen LogP contribution is -3.00. The van der Waals surface area contributed by atoms with Crippen LogP contribution in [0.15, 0.2) is 54.2 Å². The first-order chi connectivity index (χ1) is 13.9. The highest BCUT2D eigenvalue weighted by Crippen LogP contribution is 2.23. The Balaban J connectivity index is 0.00000450. The predicted octanol–water partition coefficient (Wildman–Crippen LogP) is 1.51. The summed E-state index contributed by atoms with van der Waals surface area (Å²) in [5.74, 6) is -0.638. The summed E-state index contributed by atoms with van der Waals surface area (Å²) in [6, 6.07) is 14.5. The number of carbonyl (C=O) groups is 2. The first-order valence-electron chi connectivity index (χ1n) is 9.54. The van der Waals surface area contributed by atoms with Crippen LogP contribution in [0.25, 0.3) is 0 Å². The molecule has 0 saturated heterocycles. The smallest absolute Gasteiger partial charge is 0.267 e. The molecule has 0 aliphatic rings. The molecule has 0 fully saturated rings. The molecule has 30 heavy (non-hydrogen) atoms. The van der Waals surface area contributed by atoms with E-state index in [0.29, 0.717) is 11.3 Å². The zero-order valence-electron chi connectivity index (χ0n) is 17.6. The Labute approximate surface area is 184 Å². The maximum absolute atomic E-state index is 12.4. The topological polar surface area (TPSA) is 85.2 Å². The van der Waals surface area contributed by atoms with E-state index in [0.717, 1.165) is 30.0 Å². The van der Waals surface area contributed by atoms with E-state index in [1.54, 1.807) is 24.3 Å². The highest BCUT2D eigenvalue weighted by atomic mass is 35.5. The molecule has 2 N–H and O–H groups in total. The van der Waals surface area contributed by atoms with E-state index < -0.39 is 5.91 Å². The van der Waals surface area contributed by atoms with Crippen LogP contribution in [0.4, 0.5) is 17.1 Å². The SMILES string of the molecule is CCN(CC)c1ccc(N/C=C(/C#N)C(=O)Nc2cccc(C(C)=O)c2)c(C)c1.[Cl-]. The van der Waals surface area contributed by atoms with Crippen molar-refractivity contribution in [1.82, 2.24) is 0 Å². The molecular weight excluding hydrogens is 400 g/mol. The van der Waals surface area contributed by atoms with Gasteiger partial charge in [-0.15, -0.1) is 0 Å². The lowest BCUT2D eigenvalue weighted by atomic mass is 10.1. The highest BCUT2D eigenvalue weighted by Gasteiger charge is 2.11. The van der Waals surface area contributed by atoms with Gasteiger partial charge in [-0.1, -0.05) is 12.1 Å². The fourth-order valence-corrected chi connectivity index (χ4v) is 2.91. The van der Waals surface area contributed by atoms with E-state index in [1.807, 2.05) is 25.1 Å². The van der Waals surface area contributed by atoms with Gasteiger partial charge in [0.15, 0.2) is 5.78 Å². The van der Waals surface area contributed by atoms with Crippen molar-refractivity contribution in [1.29, 1.82) is 5.26 Å². The normalized spacial score (nSPS) is 10.4. The van der Waals surface area contributed by atoms with Crippen LogP contribution in [0, 0.1) is 18.3 Å². The number of hydrogen-bond acceptors (Lipinski definition) is 5. The van der Waals surface area contributed by atoms with E-state index in [-0.39, 0.29) is 23.8 Å². The molecule has 0 aliphatic heterocycles. The molecule has 0 bridgehead atoms. The number of rotatable bonds is 8. The number of Topliss-reactive ketones (excluding diaryl/α,β-unsaturated/α-hetero) is 1. The third-order valence-electron chi connectivity index (χ3n) is 4.60. The number of hydrogen-bond donors (Lipinski definition) is 2. The van der Waals surface area contributed by atoms with Gasteiger partial charge < -0.3 is 27.9 Å². The molecule has 0 radical (unpaired) electrons. The van der Waals surface area contributed by atoms with E-state index in [4.69, 9.17) is 0 Å². The largest absolute Gasteiger partial charge is 1.00 e. The van der Waals surface area contributed by atoms with Crippen molar-refractivity contribution in [3.05, 3.63) is 65.4 Å². The third-order valence-corrected chi connectivity index (χ3v) is 4.60. The number of ketones is 1. The first-order valence-corrected chi connectivity index (χ1v) is 9.54. The van der Waals surface area contributed by atoms with Crippen molar-refractivity contribution in [2.24, 2.45) is 0 Å². The lowest BCUT2D eigenvalue weighted by molar-refractivity contribution is -0.112. The Hall–Kier alpha value is -3.30. The van der Waals surface area contributed by atoms with Gasteiger partial charge in [-0.25, -0.2) is 0 Å². The van der Waals surface area contributed by atoms with Crippen LogP contribution >= 0.6 is 0 Å². The highest BCUT2D eigenvalue weighted by molar-refractivity contribution is 6.07. The molecule has 0 saturated carbocycles. The second-order valence-corrected chi connectivity index (χ2v) is 6.58. The number of nitriles is 1. The number of nitrogens with one attached hydrogen (secondary N) is 2. The van der Waals surface area contributed by atoms with Gasteiger partial charge in [-0.3, -0.25) is 9.59 Å². The number of nitrogens with zero attached hydrogens (tertiary/aromatic N) is 2. The molecule has 0 heterocycles. The number of aryl methyl sites for hydroxylation is 1. The molecule has 0 atom stereocenters. The number of carbonyl (C=O) groups excluding carboxylic acids is 2. The van der Waals surface area contributed by atoms with Crippen molar-refractivity contribution >= 4 is 28.8 Å². The lowest BCUT2D eigenvalue weighted by Gasteiger charge is -2.22. The van der Waals surface area contributed by atoms with E-state index >= 15 is 0 Å². The zero-order valence-corrected chi connectivity index (χ0v) is 18.4. The summed E-state index contributed by atoms with van der Waals surface area (Å²) in [6.07, 6.45) is 1.39. The van der Waals surface area contributed by atoms with Crippen LogP contribution < -0.4 is 27.9 Å². The Morgan fingerprint density at radius 1 is 1.13 bits per heavy atom. The average molecular weight is 426 g/mol. The Morgan fingerprint density at radius 3 is 2.40 bits per heavy atom. The Kier molecular flexibility index (Phi) is 9.60. The molecule has 1 amide bonds. The Morgan fingerprint density at radius 2 is 1.83 bits per heavy atom. The van der Waals surface area contributed by atoms with E-state index in [2.05, 4.69) is 35.4 Å². The molecule has 0 spiro atoms. The maximum atomic E-state index is 12.4. The molecule has 2 aromatic rings. The van der Waals surface area contributed by atoms with Crippen LogP contribution in [0.3, 0.4) is 0 Å². The van der Waals surface area contributed by atoms with Crippen LogP contribution in [0.1, 0.15) is 36.7 Å². The summed E-state index contributed by atoms with van der Waals surface area (Å²) in [5, 5.41) is 15.1. The molecule has 0 unspecified atom stereocenters. The fourth-order valence-electron chi connectivity index (χ4n) is 2.91. The van der Waals surface area contributed by atoms with Crippen LogP contribution in [-0.4, -0.2) is 24.8 Å². The standard InChI is InChI=1S/C23H26N4O2.ClH/c1-5-27(6-2)21-10-11-22(16(3)12-21)25-15-19(14-24)23(29)26-20-9-7-8-18(13-20)17(4)28;/h7-13,15,25H,5-6H2,1-4H3,(H,26,29);1H/p-1/b19-15-;. The zero-order chi connectivity index (χ0) is 21.4. The molecule has 6 nitrogen and oxygen atoms in total. The average Bonchev–Trinajstić information content (AvgIpc) is 2.71. The van der Waals surface area contributed by atoms with Crippen molar-refractivity contribution in [3.63, 3.8) is 0 Å². The fraction of sp³-hybridized carbons (Fsp3) is 0.261. The molecule has 158 valence electrons. The molecule has 0 aliphatic carbocycles. The first kappa shape index (κ1) is 24.7. The molecular formula is C23H26ClN4O2-. The van der Waals surface area contributed by atoms with Gasteiger partial charge in [-0.05, 0) is 63.6 Å². The van der Waals surface area contributed by atoms with Crippen LogP contribution in [-0.2, 0) is 4.79 Å². The van der Waals surface area contributed by atoms with E-state index in [1.165, 1.54) is 13.1 Å². The minimum Gasteiger partial charge on any atom is -1.00 e. The summed E-state index contributed by atoms with van der Waals surface area (Å²) in [5.41, 5.74) is 3.85. The summed E-state index contributed by atoms with van der Waals surface area (Å²) in [6.45, 7) is 9.50. The number of benzene rings is 2. The monoisotopic (exact) mass is 425 g/mol. The van der Waals surface area contributed by atoms with Gasteiger partial charge >= 0.3 is 0 Å². The van der Waals surface area contributed by atoms with Gasteiger partial charge in [0, 0.05) is 41.9 Å². The van der Waals surface area contributed by atoms with Gasteiger partial charge in [0.25, 0.3) is 5.91 Å². The van der Waals surface area contributed by atoms with Crippen molar-refractivity contribution in [2.75, 3.05) is 28.6 Å². The molecule has 2 aromatic carbocycles. The number of halogens is 1. The van der Waals surface area contributed by atoms with Crippen molar-refractivity contribution in [2.45, 2.75) is 27.7 Å². The van der Waals surface area contributed by atoms with Gasteiger partial charge in [0.05, 0.1) is 0 Å². The maximum Gasteiger partial charge on any atom is 0.267 e. The summed E-state index contributed by atoms with van der Waals surface area (Å²) in [7, 11) is 0. The van der Waals surface area contributed by atoms with Gasteiger partial charge in [0.1, 0.15) is 11.6 Å². The second kappa shape index (κ2) is 11.6. The molecule has 2 rings (SSSR count). The summed E-state index contributed by atoms with van der Waals surface area (Å²) >= 11 is 0. The predicted molar refractivity (Wildman–Crippen MR) is 117 cm³/mol. The van der Waals surface area contributed by atoms with Crippen LogP contribution in [0.2, 0.25) is 0 Å². The summed E-state index contributed by atoms with van der Waals surface area (Å²) in [4.78, 5) is 26.1. The molecule has 0 aromatic heterocycles. The minimum atomic E-state index is -0.543. The second-order valence-electron chi connectivity index (χ2n) is 6.58. The van der Waals surface area contributed by atoms with Gasteiger partial charge in [0.2, 0.25) is 0 Å². The molecule has 7 heteroatoms. The number of anilines is 3. The quantitative estimate of drug-likeness (QED) is 0.380. The Bertz CT molecular complexity index is 975. The van der Waals surface area contributed by atoms with Crippen LogP contribution in [0.5, 0.6) is 0 Å². The minimum absolute atomic E-state index is 0. The third kappa shape index (κ3) is 6.36. The summed E-state index contributed by atoms with van der Waals surface area (Å²) < 4.78 is 0. The van der Waals surface area contributed by atoms with Gasteiger partial charge in [-0.2, -0.15) is 5.26 Å². The number of amides is 1. The van der Waals surface area contributed by atoms with E-state index in [9.17, 15) is 14.9 Å². The van der Waals surface area contributed by atoms with Crippen molar-refractivity contribution in [3.8, 4) is 6.07 Å². The van der Waals surface area contributed by atoms with Crippen molar-refractivity contribution < 1.29 is 22.0 Å².